The molecule has 1 aromatic carbocycles. The Bertz CT molecular complexity index is 558. The molecule has 3 N–H and O–H groups in total. The molecule has 1 aliphatic rings. The minimum atomic E-state index is -3.66. The van der Waals surface area contributed by atoms with Gasteiger partial charge in [-0.2, -0.15) is 0 Å². The maximum absolute atomic E-state index is 11.8. The highest BCUT2D eigenvalue weighted by molar-refractivity contribution is 7.92. The summed E-state index contributed by atoms with van der Waals surface area (Å²) in [4.78, 5) is 9.74. The van der Waals surface area contributed by atoms with E-state index in [1.165, 1.54) is 0 Å². The fourth-order valence-electron chi connectivity index (χ4n) is 2.07. The van der Waals surface area contributed by atoms with Gasteiger partial charge in [0.25, 0.3) is 5.91 Å². The number of hydrogen-bond acceptors (Lipinski definition) is 4. The van der Waals surface area contributed by atoms with Crippen LogP contribution in [0.2, 0.25) is 0 Å². The third kappa shape index (κ3) is 1.82. The zero-order valence-corrected chi connectivity index (χ0v) is 10.8. The van der Waals surface area contributed by atoms with Gasteiger partial charge in [0, 0.05) is 18.4 Å². The van der Waals surface area contributed by atoms with E-state index in [2.05, 4.69) is 5.32 Å². The molecule has 1 amide bonds. The van der Waals surface area contributed by atoms with E-state index in [4.69, 9.17) is 5.73 Å². The molecule has 0 saturated heterocycles. The Morgan fingerprint density at radius 1 is 1.41 bits per heavy atom. The normalized spacial score (nSPS) is 22.6. The van der Waals surface area contributed by atoms with E-state index >= 15 is 0 Å². The quantitative estimate of drug-likeness (QED) is 0.789. The predicted molar refractivity (Wildman–Crippen MR) is 66.2 cm³/mol. The first-order valence-corrected chi connectivity index (χ1v) is 6.61. The summed E-state index contributed by atoms with van der Waals surface area (Å²) in [6, 6.07) is 6.87. The maximum Gasteiger partial charge on any atom is 0.258 e. The Kier molecular flexibility index (Phi) is 3.52. The van der Waals surface area contributed by atoms with Gasteiger partial charge in [-0.05, 0) is 5.56 Å². The molecule has 17 heavy (non-hydrogen) atoms. The van der Waals surface area contributed by atoms with E-state index in [9.17, 15) is 13.2 Å². The van der Waals surface area contributed by atoms with Crippen molar-refractivity contribution >= 4 is 28.2 Å². The number of benzene rings is 1. The van der Waals surface area contributed by atoms with Crippen molar-refractivity contribution < 1.29 is 13.2 Å². The van der Waals surface area contributed by atoms with Crippen molar-refractivity contribution in [3.05, 3.63) is 35.4 Å². The number of rotatable bonds is 2. The summed E-state index contributed by atoms with van der Waals surface area (Å²) in [5, 5.41) is 2.71. The number of sulfone groups is 1. The highest BCUT2D eigenvalue weighted by Crippen LogP contribution is 2.35. The monoisotopic (exact) mass is 276 g/mol. The minimum absolute atomic E-state index is 0. The fraction of sp³-hybridized carbons (Fsp3) is 0.300. The van der Waals surface area contributed by atoms with Crippen molar-refractivity contribution in [2.24, 2.45) is 5.73 Å². The first kappa shape index (κ1) is 14.0. The van der Waals surface area contributed by atoms with E-state index < -0.39 is 20.6 Å². The lowest BCUT2D eigenvalue weighted by molar-refractivity contribution is -0.121. The lowest BCUT2D eigenvalue weighted by Crippen LogP contribution is -2.54. The van der Waals surface area contributed by atoms with Gasteiger partial charge in [0.2, 0.25) is 4.87 Å². The van der Waals surface area contributed by atoms with Gasteiger partial charge in [0.05, 0.1) is 0 Å². The minimum Gasteiger partial charge on any atom is -0.367 e. The molecule has 0 aromatic heterocycles. The van der Waals surface area contributed by atoms with Gasteiger partial charge < -0.3 is 5.73 Å². The number of nitrogens with two attached hydrogens (primary N) is 1. The largest absolute Gasteiger partial charge is 0.367 e. The third-order valence-electron chi connectivity index (χ3n) is 2.83. The molecule has 1 atom stereocenters. The van der Waals surface area contributed by atoms with E-state index in [0.29, 0.717) is 12.1 Å². The van der Waals surface area contributed by atoms with Crippen LogP contribution >= 0.6 is 12.4 Å². The van der Waals surface area contributed by atoms with Crippen LogP contribution in [-0.4, -0.2) is 20.6 Å². The van der Waals surface area contributed by atoms with Crippen LogP contribution in [0.5, 0.6) is 0 Å². The number of carbonyl (C=O) groups excluding carboxylic acids is 1. The standard InChI is InChI=1S/C10H12N2O3S.ClH/c1-16(14,15)10(9(11)13)8-5-3-2-4-7(8)6-12-10;/h2-5,12H,6H2,1H3,(H2,11,13);1H. The lowest BCUT2D eigenvalue weighted by Gasteiger charge is -2.24. The van der Waals surface area contributed by atoms with Crippen LogP contribution in [0.15, 0.2) is 24.3 Å². The van der Waals surface area contributed by atoms with Gasteiger partial charge >= 0.3 is 0 Å². The lowest BCUT2D eigenvalue weighted by atomic mass is 10.0. The number of carbonyl (C=O) groups is 1. The van der Waals surface area contributed by atoms with E-state index in [-0.39, 0.29) is 12.4 Å². The second-order valence-electron chi connectivity index (χ2n) is 3.83. The molecule has 1 heterocycles. The molecule has 0 fully saturated rings. The van der Waals surface area contributed by atoms with Crippen LogP contribution < -0.4 is 11.1 Å². The predicted octanol–water partition coefficient (Wildman–Crippen LogP) is -0.106. The van der Waals surface area contributed by atoms with Gasteiger partial charge in [0.15, 0.2) is 9.84 Å². The number of fused-ring (bicyclic) bond motifs is 1. The van der Waals surface area contributed by atoms with Crippen LogP contribution in [0.3, 0.4) is 0 Å². The van der Waals surface area contributed by atoms with Crippen LogP contribution in [0.25, 0.3) is 0 Å². The van der Waals surface area contributed by atoms with Crippen LogP contribution in [0, 0.1) is 0 Å². The topological polar surface area (TPSA) is 89.3 Å². The summed E-state index contributed by atoms with van der Waals surface area (Å²) in [6.45, 7) is 0.326. The van der Waals surface area contributed by atoms with Crippen LogP contribution in [0.4, 0.5) is 0 Å². The molecule has 0 spiro atoms. The Hall–Kier alpha value is -1.11. The highest BCUT2D eigenvalue weighted by atomic mass is 35.5. The summed E-state index contributed by atoms with van der Waals surface area (Å²) < 4.78 is 23.6. The molecule has 2 rings (SSSR count). The second kappa shape index (κ2) is 4.29. The number of amides is 1. The van der Waals surface area contributed by atoms with Crippen LogP contribution in [0.1, 0.15) is 11.1 Å². The first-order chi connectivity index (χ1) is 7.39. The summed E-state index contributed by atoms with van der Waals surface area (Å²) in [5.74, 6) is -0.889. The average Bonchev–Trinajstić information content (AvgIpc) is 2.56. The van der Waals surface area contributed by atoms with Crippen molar-refractivity contribution in [3.63, 3.8) is 0 Å². The van der Waals surface area contributed by atoms with Gasteiger partial charge in [0.1, 0.15) is 0 Å². The summed E-state index contributed by atoms with van der Waals surface area (Å²) in [6.07, 6.45) is 1.01. The van der Waals surface area contributed by atoms with Crippen LogP contribution in [-0.2, 0) is 26.0 Å². The molecule has 1 aromatic rings. The Morgan fingerprint density at radius 2 is 2.00 bits per heavy atom. The zero-order valence-electron chi connectivity index (χ0n) is 9.14. The molecule has 5 nitrogen and oxygen atoms in total. The van der Waals surface area contributed by atoms with Crippen molar-refractivity contribution in [2.75, 3.05) is 6.26 Å². The molecule has 0 radical (unpaired) electrons. The summed E-state index contributed by atoms with van der Waals surface area (Å²) in [7, 11) is -3.66. The molecular formula is C10H13ClN2O3S. The fourth-order valence-corrected chi connectivity index (χ4v) is 3.36. The molecule has 1 aliphatic heterocycles. The Labute approximate surface area is 106 Å². The molecule has 7 heteroatoms. The smallest absolute Gasteiger partial charge is 0.258 e. The molecule has 0 bridgehead atoms. The molecule has 94 valence electrons. The van der Waals surface area contributed by atoms with Crippen molar-refractivity contribution in [2.45, 2.75) is 11.4 Å². The van der Waals surface area contributed by atoms with Crippen molar-refractivity contribution in [1.29, 1.82) is 0 Å². The van der Waals surface area contributed by atoms with Gasteiger partial charge in [-0.1, -0.05) is 24.3 Å². The molecule has 0 saturated carbocycles. The van der Waals surface area contributed by atoms with E-state index in [1.807, 2.05) is 0 Å². The SMILES string of the molecule is CS(=O)(=O)C1(C(N)=O)NCc2ccccc21.Cl. The van der Waals surface area contributed by atoms with Crippen molar-refractivity contribution in [1.82, 2.24) is 5.32 Å². The van der Waals surface area contributed by atoms with Gasteiger partial charge in [-0.15, -0.1) is 12.4 Å². The summed E-state index contributed by atoms with van der Waals surface area (Å²) in [5.41, 5.74) is 6.47. The molecular weight excluding hydrogens is 264 g/mol. The third-order valence-corrected chi connectivity index (χ3v) is 4.51. The van der Waals surface area contributed by atoms with Gasteiger partial charge in [-0.3, -0.25) is 10.1 Å². The first-order valence-electron chi connectivity index (χ1n) is 4.72. The number of halogens is 1. The van der Waals surface area contributed by atoms with E-state index in [1.54, 1.807) is 24.3 Å². The average molecular weight is 277 g/mol. The number of primary amides is 1. The zero-order chi connectivity index (χ0) is 12.0. The summed E-state index contributed by atoms with van der Waals surface area (Å²) >= 11 is 0. The number of hydrogen-bond donors (Lipinski definition) is 2. The van der Waals surface area contributed by atoms with E-state index in [0.717, 1.165) is 11.8 Å². The van der Waals surface area contributed by atoms with Crippen molar-refractivity contribution in [3.8, 4) is 0 Å². The Balaban J connectivity index is 0.00000144. The number of nitrogens with one attached hydrogen (secondary N) is 1. The Morgan fingerprint density at radius 3 is 2.53 bits per heavy atom. The second-order valence-corrected chi connectivity index (χ2v) is 5.99. The van der Waals surface area contributed by atoms with Gasteiger partial charge in [-0.25, -0.2) is 8.42 Å². The highest BCUT2D eigenvalue weighted by Gasteiger charge is 2.52. The molecule has 0 aliphatic carbocycles. The molecule has 1 unspecified atom stereocenters. The maximum atomic E-state index is 11.8.